The molecule has 2 aliphatic rings. The molecule has 2 rings (SSSR count). The molecule has 1 heterocycles. The SMILES string of the molecule is COC1CCC2(CCCC(CI)O2)CC1. The average Bonchev–Trinajstić information content (AvgIpc) is 2.30. The minimum atomic E-state index is 0.225. The van der Waals surface area contributed by atoms with Crippen molar-refractivity contribution in [2.24, 2.45) is 0 Å². The van der Waals surface area contributed by atoms with Gasteiger partial charge in [0.25, 0.3) is 0 Å². The summed E-state index contributed by atoms with van der Waals surface area (Å²) in [6.45, 7) is 0. The van der Waals surface area contributed by atoms with Crippen molar-refractivity contribution in [1.82, 2.24) is 0 Å². The van der Waals surface area contributed by atoms with Gasteiger partial charge in [-0.2, -0.15) is 0 Å². The predicted molar refractivity (Wildman–Crippen MR) is 69.6 cm³/mol. The zero-order valence-corrected chi connectivity index (χ0v) is 11.7. The molecular formula is C12H21IO2. The van der Waals surface area contributed by atoms with Crippen LogP contribution in [0.15, 0.2) is 0 Å². The van der Waals surface area contributed by atoms with Crippen LogP contribution < -0.4 is 0 Å². The highest BCUT2D eigenvalue weighted by Gasteiger charge is 2.40. The molecule has 0 bridgehead atoms. The van der Waals surface area contributed by atoms with Gasteiger partial charge >= 0.3 is 0 Å². The second kappa shape index (κ2) is 5.32. The van der Waals surface area contributed by atoms with Crippen LogP contribution in [0.3, 0.4) is 0 Å². The number of halogens is 1. The van der Waals surface area contributed by atoms with E-state index in [2.05, 4.69) is 22.6 Å². The van der Waals surface area contributed by atoms with Gasteiger partial charge in [-0.05, 0) is 44.9 Å². The molecule has 2 nitrogen and oxygen atoms in total. The third kappa shape index (κ3) is 2.86. The molecule has 1 spiro atoms. The quantitative estimate of drug-likeness (QED) is 0.573. The first kappa shape index (κ1) is 12.1. The van der Waals surface area contributed by atoms with Crippen LogP contribution in [0.1, 0.15) is 44.9 Å². The molecule has 1 saturated heterocycles. The van der Waals surface area contributed by atoms with E-state index in [0.717, 1.165) is 4.43 Å². The lowest BCUT2D eigenvalue weighted by Gasteiger charge is -2.45. The van der Waals surface area contributed by atoms with Crippen LogP contribution in [-0.2, 0) is 9.47 Å². The highest BCUT2D eigenvalue weighted by molar-refractivity contribution is 14.1. The Hall–Kier alpha value is 0.650. The van der Waals surface area contributed by atoms with Crippen LogP contribution in [-0.4, -0.2) is 29.3 Å². The van der Waals surface area contributed by atoms with Crippen LogP contribution in [0.5, 0.6) is 0 Å². The minimum Gasteiger partial charge on any atom is -0.381 e. The fraction of sp³-hybridized carbons (Fsp3) is 1.00. The maximum absolute atomic E-state index is 6.29. The van der Waals surface area contributed by atoms with Gasteiger partial charge in [-0.25, -0.2) is 0 Å². The summed E-state index contributed by atoms with van der Waals surface area (Å²) in [6.07, 6.45) is 9.67. The molecule has 3 heteroatoms. The fourth-order valence-corrected chi connectivity index (χ4v) is 3.57. The first-order chi connectivity index (χ1) is 7.28. The molecular weight excluding hydrogens is 303 g/mol. The molecule has 0 aromatic heterocycles. The van der Waals surface area contributed by atoms with Crippen molar-refractivity contribution in [3.8, 4) is 0 Å². The van der Waals surface area contributed by atoms with E-state index in [0.29, 0.717) is 12.2 Å². The van der Waals surface area contributed by atoms with Gasteiger partial charge in [-0.3, -0.25) is 0 Å². The van der Waals surface area contributed by atoms with Crippen molar-refractivity contribution in [3.05, 3.63) is 0 Å². The number of rotatable bonds is 2. The highest BCUT2D eigenvalue weighted by Crippen LogP contribution is 2.41. The first-order valence-corrected chi connectivity index (χ1v) is 7.57. The Kier molecular flexibility index (Phi) is 4.30. The molecule has 1 atom stereocenters. The normalized spacial score (nSPS) is 42.0. The van der Waals surface area contributed by atoms with Crippen molar-refractivity contribution >= 4 is 22.6 Å². The van der Waals surface area contributed by atoms with E-state index in [-0.39, 0.29) is 5.60 Å². The molecule has 88 valence electrons. The second-order valence-corrected chi connectivity index (χ2v) is 5.79. The lowest BCUT2D eigenvalue weighted by molar-refractivity contribution is -0.149. The molecule has 2 fully saturated rings. The molecule has 0 aromatic carbocycles. The largest absolute Gasteiger partial charge is 0.381 e. The van der Waals surface area contributed by atoms with Crippen molar-refractivity contribution < 1.29 is 9.47 Å². The minimum absolute atomic E-state index is 0.225. The molecule has 1 unspecified atom stereocenters. The number of hydrogen-bond donors (Lipinski definition) is 0. The molecule has 0 radical (unpaired) electrons. The van der Waals surface area contributed by atoms with Gasteiger partial charge in [0.1, 0.15) is 0 Å². The van der Waals surface area contributed by atoms with Crippen molar-refractivity contribution in [3.63, 3.8) is 0 Å². The predicted octanol–water partition coefficient (Wildman–Crippen LogP) is 3.32. The van der Waals surface area contributed by atoms with Gasteiger partial charge in [0.15, 0.2) is 0 Å². The summed E-state index contributed by atoms with van der Waals surface area (Å²) in [5, 5.41) is 0. The Bertz CT molecular complexity index is 200. The van der Waals surface area contributed by atoms with Gasteiger partial charge in [-0.1, -0.05) is 22.6 Å². The van der Waals surface area contributed by atoms with E-state index < -0.39 is 0 Å². The summed E-state index contributed by atoms with van der Waals surface area (Å²) < 4.78 is 12.9. The van der Waals surface area contributed by atoms with Gasteiger partial charge in [0.2, 0.25) is 0 Å². The van der Waals surface area contributed by atoms with Crippen LogP contribution in [0.2, 0.25) is 0 Å². The zero-order valence-electron chi connectivity index (χ0n) is 9.51. The van der Waals surface area contributed by atoms with Gasteiger partial charge in [-0.15, -0.1) is 0 Å². The summed E-state index contributed by atoms with van der Waals surface area (Å²) >= 11 is 2.45. The number of methoxy groups -OCH3 is 1. The van der Waals surface area contributed by atoms with Crippen LogP contribution >= 0.6 is 22.6 Å². The van der Waals surface area contributed by atoms with Crippen LogP contribution in [0, 0.1) is 0 Å². The summed E-state index contributed by atoms with van der Waals surface area (Å²) in [7, 11) is 1.83. The fourth-order valence-electron chi connectivity index (χ4n) is 2.95. The maximum atomic E-state index is 6.29. The molecule has 15 heavy (non-hydrogen) atoms. The van der Waals surface area contributed by atoms with Gasteiger partial charge < -0.3 is 9.47 Å². The van der Waals surface area contributed by atoms with Crippen molar-refractivity contribution in [2.75, 3.05) is 11.5 Å². The zero-order chi connectivity index (χ0) is 10.7. The van der Waals surface area contributed by atoms with E-state index in [4.69, 9.17) is 9.47 Å². The Morgan fingerprint density at radius 3 is 2.60 bits per heavy atom. The average molecular weight is 324 g/mol. The van der Waals surface area contributed by atoms with E-state index in [1.54, 1.807) is 0 Å². The molecule has 0 amide bonds. The lowest BCUT2D eigenvalue weighted by atomic mass is 9.78. The molecule has 1 aliphatic heterocycles. The Morgan fingerprint density at radius 1 is 1.27 bits per heavy atom. The summed E-state index contributed by atoms with van der Waals surface area (Å²) in [5.74, 6) is 0. The molecule has 0 N–H and O–H groups in total. The molecule has 1 aliphatic carbocycles. The van der Waals surface area contributed by atoms with E-state index in [1.807, 2.05) is 7.11 Å². The summed E-state index contributed by atoms with van der Waals surface area (Å²) in [4.78, 5) is 0. The van der Waals surface area contributed by atoms with Crippen molar-refractivity contribution in [2.45, 2.75) is 62.8 Å². The summed E-state index contributed by atoms with van der Waals surface area (Å²) in [5.41, 5.74) is 0.225. The van der Waals surface area contributed by atoms with Gasteiger partial charge in [0, 0.05) is 11.5 Å². The number of alkyl halides is 1. The van der Waals surface area contributed by atoms with Crippen LogP contribution in [0.25, 0.3) is 0 Å². The summed E-state index contributed by atoms with van der Waals surface area (Å²) in [6, 6.07) is 0. The molecule has 1 saturated carbocycles. The highest BCUT2D eigenvalue weighted by atomic mass is 127. The van der Waals surface area contributed by atoms with Crippen molar-refractivity contribution in [1.29, 1.82) is 0 Å². The topological polar surface area (TPSA) is 18.5 Å². The van der Waals surface area contributed by atoms with E-state index in [1.165, 1.54) is 44.9 Å². The third-order valence-corrected chi connectivity index (χ3v) is 4.91. The number of ether oxygens (including phenoxy) is 2. The van der Waals surface area contributed by atoms with E-state index >= 15 is 0 Å². The third-order valence-electron chi connectivity index (χ3n) is 3.92. The van der Waals surface area contributed by atoms with E-state index in [9.17, 15) is 0 Å². The monoisotopic (exact) mass is 324 g/mol. The Labute approximate surface area is 106 Å². The maximum Gasteiger partial charge on any atom is 0.0688 e. The van der Waals surface area contributed by atoms with Gasteiger partial charge in [0.05, 0.1) is 17.8 Å². The smallest absolute Gasteiger partial charge is 0.0688 e. The number of hydrogen-bond acceptors (Lipinski definition) is 2. The lowest BCUT2D eigenvalue weighted by Crippen LogP contribution is -2.45. The second-order valence-electron chi connectivity index (χ2n) is 4.90. The first-order valence-electron chi connectivity index (χ1n) is 6.04. The van der Waals surface area contributed by atoms with Crippen LogP contribution in [0.4, 0.5) is 0 Å². The standard InChI is InChI=1S/C12H21IO2/c1-14-10-4-7-12(8-5-10)6-2-3-11(9-13)15-12/h10-11H,2-9H2,1H3. The Balaban J connectivity index is 1.90. The Morgan fingerprint density at radius 2 is 2.00 bits per heavy atom. The molecule has 0 aromatic rings.